The topological polar surface area (TPSA) is 111 Å². The average Bonchev–Trinajstić information content (AvgIpc) is 3.40. The molecule has 3 aromatic carbocycles. The maximum absolute atomic E-state index is 13.8. The van der Waals surface area contributed by atoms with Gasteiger partial charge in [0.05, 0.1) is 40.5 Å². The highest BCUT2D eigenvalue weighted by atomic mass is 79.9. The summed E-state index contributed by atoms with van der Waals surface area (Å²) in [4.78, 5) is 45.4. The van der Waals surface area contributed by atoms with Crippen molar-refractivity contribution in [3.63, 3.8) is 0 Å². The lowest BCUT2D eigenvalue weighted by Gasteiger charge is -2.29. The van der Waals surface area contributed by atoms with Crippen LogP contribution in [-0.2, 0) is 14.4 Å². The van der Waals surface area contributed by atoms with Crippen molar-refractivity contribution in [3.8, 4) is 11.5 Å². The van der Waals surface area contributed by atoms with Crippen LogP contribution >= 0.6 is 15.9 Å². The molecule has 2 aliphatic rings. The van der Waals surface area contributed by atoms with Crippen LogP contribution in [0.4, 0.5) is 17.1 Å². The number of non-ortho nitro benzene ring substituents is 1. The van der Waals surface area contributed by atoms with Crippen molar-refractivity contribution in [2.45, 2.75) is 19.1 Å². The second-order valence-corrected chi connectivity index (χ2v) is 9.29. The fraction of sp³-hybridized carbons (Fsp3) is 0.231. The first kappa shape index (κ1) is 24.7. The molecule has 190 valence electrons. The largest absolute Gasteiger partial charge is 0.496 e. The van der Waals surface area contributed by atoms with Crippen LogP contribution in [0.2, 0.25) is 0 Å². The van der Waals surface area contributed by atoms with Gasteiger partial charge in [-0.2, -0.15) is 0 Å². The number of anilines is 2. The zero-order valence-electron chi connectivity index (χ0n) is 19.9. The van der Waals surface area contributed by atoms with Gasteiger partial charge in [0.25, 0.3) is 11.6 Å². The van der Waals surface area contributed by atoms with Gasteiger partial charge in [0.15, 0.2) is 6.10 Å². The molecule has 2 saturated heterocycles. The van der Waals surface area contributed by atoms with E-state index in [-0.39, 0.29) is 5.69 Å². The molecule has 2 aliphatic heterocycles. The zero-order valence-corrected chi connectivity index (χ0v) is 21.5. The molecule has 2 fully saturated rings. The Morgan fingerprint density at radius 1 is 1.03 bits per heavy atom. The van der Waals surface area contributed by atoms with Crippen molar-refractivity contribution in [1.29, 1.82) is 0 Å². The SMILES string of the molecule is CCOc1ccc(N2C(=O)[C@@H]3[C@@H](c4ccc(OC)c(Br)c4)N(c4cccc([N+](=O)[O-])c4)O[C@H]3C2=O)cc1. The van der Waals surface area contributed by atoms with E-state index in [4.69, 9.17) is 14.3 Å². The number of nitrogens with zero attached hydrogens (tertiary/aromatic N) is 3. The van der Waals surface area contributed by atoms with Crippen LogP contribution in [0.3, 0.4) is 0 Å². The van der Waals surface area contributed by atoms with E-state index in [1.807, 2.05) is 6.92 Å². The first-order valence-electron chi connectivity index (χ1n) is 11.5. The Labute approximate surface area is 220 Å². The minimum Gasteiger partial charge on any atom is -0.496 e. The molecule has 11 heteroatoms. The second-order valence-electron chi connectivity index (χ2n) is 8.43. The number of hydrogen-bond acceptors (Lipinski definition) is 8. The third kappa shape index (κ3) is 4.30. The van der Waals surface area contributed by atoms with Crippen molar-refractivity contribution in [2.75, 3.05) is 23.7 Å². The normalized spacial score (nSPS) is 20.8. The number of halogens is 1. The highest BCUT2D eigenvalue weighted by molar-refractivity contribution is 9.10. The van der Waals surface area contributed by atoms with E-state index in [1.54, 1.807) is 48.5 Å². The number of amides is 2. The highest BCUT2D eigenvalue weighted by Crippen LogP contribution is 2.48. The quantitative estimate of drug-likeness (QED) is 0.227. The van der Waals surface area contributed by atoms with E-state index in [0.717, 1.165) is 4.90 Å². The van der Waals surface area contributed by atoms with E-state index >= 15 is 0 Å². The van der Waals surface area contributed by atoms with Gasteiger partial charge in [-0.3, -0.25) is 24.5 Å². The monoisotopic (exact) mass is 567 g/mol. The van der Waals surface area contributed by atoms with Gasteiger partial charge in [-0.15, -0.1) is 0 Å². The number of methoxy groups -OCH3 is 1. The van der Waals surface area contributed by atoms with Crippen molar-refractivity contribution in [3.05, 3.63) is 86.9 Å². The van der Waals surface area contributed by atoms with E-state index < -0.39 is 34.8 Å². The van der Waals surface area contributed by atoms with Crippen LogP contribution in [0.15, 0.2) is 71.2 Å². The van der Waals surface area contributed by atoms with Gasteiger partial charge in [0.2, 0.25) is 5.91 Å². The van der Waals surface area contributed by atoms with Crippen LogP contribution in [0.1, 0.15) is 18.5 Å². The van der Waals surface area contributed by atoms with Gasteiger partial charge in [-0.25, -0.2) is 9.96 Å². The molecular formula is C26H22BrN3O7. The Morgan fingerprint density at radius 3 is 2.43 bits per heavy atom. The Bertz CT molecular complexity index is 1380. The fourth-order valence-electron chi connectivity index (χ4n) is 4.70. The third-order valence-corrected chi connectivity index (χ3v) is 6.95. The molecule has 0 aliphatic carbocycles. The molecule has 5 rings (SSSR count). The highest BCUT2D eigenvalue weighted by Gasteiger charge is 2.60. The predicted molar refractivity (Wildman–Crippen MR) is 137 cm³/mol. The van der Waals surface area contributed by atoms with Crippen molar-refractivity contribution < 1.29 is 28.8 Å². The molecule has 0 saturated carbocycles. The van der Waals surface area contributed by atoms with Crippen molar-refractivity contribution in [1.82, 2.24) is 0 Å². The number of fused-ring (bicyclic) bond motifs is 1. The van der Waals surface area contributed by atoms with Gasteiger partial charge in [0.1, 0.15) is 17.4 Å². The smallest absolute Gasteiger partial charge is 0.271 e. The summed E-state index contributed by atoms with van der Waals surface area (Å²) in [5.41, 5.74) is 1.30. The lowest BCUT2D eigenvalue weighted by atomic mass is 9.90. The molecule has 3 aromatic rings. The summed E-state index contributed by atoms with van der Waals surface area (Å²) < 4.78 is 11.4. The summed E-state index contributed by atoms with van der Waals surface area (Å²) >= 11 is 3.48. The number of ether oxygens (including phenoxy) is 2. The van der Waals surface area contributed by atoms with Gasteiger partial charge >= 0.3 is 0 Å². The van der Waals surface area contributed by atoms with Crippen molar-refractivity contribution >= 4 is 44.8 Å². The number of hydrogen-bond donors (Lipinski definition) is 0. The van der Waals surface area contributed by atoms with Crippen LogP contribution < -0.4 is 19.4 Å². The maximum Gasteiger partial charge on any atom is 0.271 e. The Morgan fingerprint density at radius 2 is 1.78 bits per heavy atom. The Kier molecular flexibility index (Phi) is 6.57. The fourth-order valence-corrected chi connectivity index (χ4v) is 5.26. The summed E-state index contributed by atoms with van der Waals surface area (Å²) in [5, 5.41) is 12.8. The van der Waals surface area contributed by atoms with Crippen molar-refractivity contribution in [2.24, 2.45) is 5.92 Å². The van der Waals surface area contributed by atoms with E-state index in [2.05, 4.69) is 15.9 Å². The van der Waals surface area contributed by atoms with E-state index in [9.17, 15) is 19.7 Å². The van der Waals surface area contributed by atoms with Gasteiger partial charge < -0.3 is 9.47 Å². The molecule has 2 heterocycles. The molecule has 2 amide bonds. The predicted octanol–water partition coefficient (Wildman–Crippen LogP) is 4.82. The summed E-state index contributed by atoms with van der Waals surface area (Å²) in [7, 11) is 1.54. The standard InChI is InChI=1S/C26H22BrN3O7/c1-3-36-19-10-8-16(9-11-19)28-25(31)22-23(15-7-12-21(35-2)20(27)13-15)29(37-24(22)26(28)32)17-5-4-6-18(14-17)30(33)34/h4-14,22-24H,3H2,1-2H3/t22-,23-,24-/m1/s1. The first-order valence-corrected chi connectivity index (χ1v) is 12.3. The van der Waals surface area contributed by atoms with E-state index in [0.29, 0.717) is 39.5 Å². The number of carbonyl (C=O) groups excluding carboxylic acids is 2. The van der Waals surface area contributed by atoms with Crippen LogP contribution in [0.5, 0.6) is 11.5 Å². The number of imide groups is 1. The molecular weight excluding hydrogens is 546 g/mol. The third-order valence-electron chi connectivity index (χ3n) is 6.33. The molecule has 37 heavy (non-hydrogen) atoms. The lowest BCUT2D eigenvalue weighted by molar-refractivity contribution is -0.384. The molecule has 0 unspecified atom stereocenters. The number of nitro groups is 1. The van der Waals surface area contributed by atoms with Gasteiger partial charge in [-0.1, -0.05) is 12.1 Å². The van der Waals surface area contributed by atoms with Gasteiger partial charge in [0, 0.05) is 12.1 Å². The summed E-state index contributed by atoms with van der Waals surface area (Å²) in [6.07, 6.45) is -1.11. The maximum atomic E-state index is 13.8. The molecule has 10 nitrogen and oxygen atoms in total. The average molecular weight is 568 g/mol. The van der Waals surface area contributed by atoms with Crippen LogP contribution in [-0.4, -0.2) is 36.6 Å². The summed E-state index contributed by atoms with van der Waals surface area (Å²) in [5.74, 6) is -0.613. The lowest BCUT2D eigenvalue weighted by Crippen LogP contribution is -2.37. The molecule has 0 N–H and O–H groups in total. The minimum atomic E-state index is -1.11. The van der Waals surface area contributed by atoms with Crippen LogP contribution in [0.25, 0.3) is 0 Å². The number of hydroxylamine groups is 1. The van der Waals surface area contributed by atoms with Gasteiger partial charge in [-0.05, 0) is 70.9 Å². The number of nitro benzene ring substituents is 1. The summed E-state index contributed by atoms with van der Waals surface area (Å²) in [6.45, 7) is 2.36. The summed E-state index contributed by atoms with van der Waals surface area (Å²) in [6, 6.07) is 17.2. The Hall–Kier alpha value is -3.96. The van der Waals surface area contributed by atoms with E-state index in [1.165, 1.54) is 30.4 Å². The number of carbonyl (C=O) groups is 2. The van der Waals surface area contributed by atoms with Crippen LogP contribution in [0, 0.1) is 16.0 Å². The molecule has 3 atom stereocenters. The number of rotatable bonds is 7. The molecule has 0 spiro atoms. The first-order chi connectivity index (χ1) is 17.8. The zero-order chi connectivity index (χ0) is 26.3. The second kappa shape index (κ2) is 9.83. The Balaban J connectivity index is 1.57. The molecule has 0 radical (unpaired) electrons. The number of benzene rings is 3. The molecule has 0 aromatic heterocycles. The molecule has 0 bridgehead atoms. The minimum absolute atomic E-state index is 0.138.